The predicted molar refractivity (Wildman–Crippen MR) is 141 cm³/mol. The quantitative estimate of drug-likeness (QED) is 0.331. The molecular formula is C29H24N4O4. The van der Waals surface area contributed by atoms with Crippen LogP contribution in [0.1, 0.15) is 10.4 Å². The topological polar surface area (TPSA) is 90.4 Å². The fourth-order valence-electron chi connectivity index (χ4n) is 4.10. The third kappa shape index (κ3) is 4.60. The van der Waals surface area contributed by atoms with Gasteiger partial charge in [0.1, 0.15) is 11.3 Å². The van der Waals surface area contributed by atoms with Gasteiger partial charge in [-0.2, -0.15) is 14.7 Å². The van der Waals surface area contributed by atoms with E-state index in [9.17, 15) is 9.90 Å². The average Bonchev–Trinajstić information content (AvgIpc) is 3.56. The van der Waals surface area contributed by atoms with Crippen molar-refractivity contribution in [1.82, 2.24) is 19.2 Å². The SMILES string of the molecule is COc1cccc2c(C(=O)O)c(-c3ccccc3)nn12.COc1cccc2cc(-c3ccccc3)nn12. The molecule has 2 aromatic carbocycles. The Hall–Kier alpha value is -5.11. The number of hydrogen-bond donors (Lipinski definition) is 1. The van der Waals surface area contributed by atoms with Crippen LogP contribution in [0.4, 0.5) is 0 Å². The van der Waals surface area contributed by atoms with Gasteiger partial charge in [-0.25, -0.2) is 9.31 Å². The zero-order chi connectivity index (χ0) is 25.8. The number of methoxy groups -OCH3 is 2. The highest BCUT2D eigenvalue weighted by Gasteiger charge is 2.21. The van der Waals surface area contributed by atoms with Crippen molar-refractivity contribution in [2.75, 3.05) is 14.2 Å². The lowest BCUT2D eigenvalue weighted by Gasteiger charge is -2.01. The smallest absolute Gasteiger partial charge is 0.340 e. The van der Waals surface area contributed by atoms with E-state index in [4.69, 9.17) is 9.47 Å². The van der Waals surface area contributed by atoms with Crippen LogP contribution < -0.4 is 9.47 Å². The standard InChI is InChI=1S/C15H12N2O3.C14H12N2O/c1-20-12-9-5-8-11-13(15(18)19)14(16-17(11)12)10-6-3-2-4-7-10;1-17-14-9-5-8-12-10-13(15-16(12)14)11-6-3-2-4-7-11/h2-9H,1H3,(H,18,19);2-10H,1H3. The third-order valence-electron chi connectivity index (χ3n) is 5.82. The van der Waals surface area contributed by atoms with Crippen molar-refractivity contribution in [2.24, 2.45) is 0 Å². The number of aromatic nitrogens is 4. The summed E-state index contributed by atoms with van der Waals surface area (Å²) in [5, 5.41) is 18.4. The van der Waals surface area contributed by atoms with Crippen molar-refractivity contribution in [2.45, 2.75) is 0 Å². The molecule has 0 amide bonds. The molecule has 0 aliphatic rings. The molecule has 184 valence electrons. The van der Waals surface area contributed by atoms with Crippen LogP contribution in [0, 0.1) is 0 Å². The molecule has 4 aromatic heterocycles. The monoisotopic (exact) mass is 492 g/mol. The maximum Gasteiger partial charge on any atom is 0.340 e. The van der Waals surface area contributed by atoms with Crippen molar-refractivity contribution >= 4 is 17.0 Å². The minimum atomic E-state index is -1.01. The van der Waals surface area contributed by atoms with Crippen LogP contribution in [0.25, 0.3) is 33.5 Å². The number of benzene rings is 2. The molecule has 8 nitrogen and oxygen atoms in total. The first kappa shape index (κ1) is 23.6. The summed E-state index contributed by atoms with van der Waals surface area (Å²) in [6.45, 7) is 0. The lowest BCUT2D eigenvalue weighted by atomic mass is 10.1. The molecule has 0 fully saturated rings. The Morgan fingerprint density at radius 1 is 0.703 bits per heavy atom. The van der Waals surface area contributed by atoms with Crippen LogP contribution in [-0.2, 0) is 0 Å². The van der Waals surface area contributed by atoms with E-state index >= 15 is 0 Å². The van der Waals surface area contributed by atoms with Crippen LogP contribution >= 0.6 is 0 Å². The van der Waals surface area contributed by atoms with Gasteiger partial charge in [-0.15, -0.1) is 0 Å². The number of pyridine rings is 2. The van der Waals surface area contributed by atoms with E-state index in [0.717, 1.165) is 28.2 Å². The summed E-state index contributed by atoms with van der Waals surface area (Å²) < 4.78 is 13.8. The fourth-order valence-corrected chi connectivity index (χ4v) is 4.10. The average molecular weight is 493 g/mol. The summed E-state index contributed by atoms with van der Waals surface area (Å²) in [7, 11) is 3.18. The number of carboxylic acid groups (broad SMARTS) is 1. The second-order valence-corrected chi connectivity index (χ2v) is 8.06. The van der Waals surface area contributed by atoms with Gasteiger partial charge in [-0.3, -0.25) is 0 Å². The Morgan fingerprint density at radius 2 is 1.30 bits per heavy atom. The molecule has 8 heteroatoms. The summed E-state index contributed by atoms with van der Waals surface area (Å²) in [5.74, 6) is 0.226. The summed E-state index contributed by atoms with van der Waals surface area (Å²) in [5.41, 5.74) is 4.97. The van der Waals surface area contributed by atoms with Gasteiger partial charge in [0.15, 0.2) is 0 Å². The maximum absolute atomic E-state index is 11.6. The van der Waals surface area contributed by atoms with Gasteiger partial charge in [-0.1, -0.05) is 72.8 Å². The van der Waals surface area contributed by atoms with E-state index < -0.39 is 5.97 Å². The highest BCUT2D eigenvalue weighted by molar-refractivity contribution is 6.02. The molecule has 37 heavy (non-hydrogen) atoms. The highest BCUT2D eigenvalue weighted by Crippen LogP contribution is 2.28. The number of ether oxygens (including phenoxy) is 2. The lowest BCUT2D eigenvalue weighted by molar-refractivity contribution is 0.0700. The van der Waals surface area contributed by atoms with Crippen LogP contribution in [0.5, 0.6) is 11.8 Å². The zero-order valence-corrected chi connectivity index (χ0v) is 20.3. The first-order chi connectivity index (χ1) is 18.1. The minimum absolute atomic E-state index is 0.176. The number of carboxylic acids is 1. The van der Waals surface area contributed by atoms with Crippen LogP contribution in [-0.4, -0.2) is 44.5 Å². The summed E-state index contributed by atoms with van der Waals surface area (Å²) in [6.07, 6.45) is 0. The second-order valence-electron chi connectivity index (χ2n) is 8.06. The molecule has 0 spiro atoms. The van der Waals surface area contributed by atoms with E-state index in [2.05, 4.69) is 16.3 Å². The molecule has 6 aromatic rings. The van der Waals surface area contributed by atoms with Gasteiger partial charge in [0.2, 0.25) is 11.8 Å². The number of nitrogens with zero attached hydrogens (tertiary/aromatic N) is 4. The van der Waals surface area contributed by atoms with Crippen LogP contribution in [0.3, 0.4) is 0 Å². The molecular weight excluding hydrogens is 468 g/mol. The molecule has 0 unspecified atom stereocenters. The van der Waals surface area contributed by atoms with E-state index in [1.165, 1.54) is 11.6 Å². The summed E-state index contributed by atoms with van der Waals surface area (Å²) >= 11 is 0. The van der Waals surface area contributed by atoms with Crippen molar-refractivity contribution in [3.8, 4) is 34.3 Å². The van der Waals surface area contributed by atoms with Gasteiger partial charge >= 0.3 is 5.97 Å². The molecule has 4 heterocycles. The van der Waals surface area contributed by atoms with E-state index in [1.54, 1.807) is 25.3 Å². The predicted octanol–water partition coefficient (Wildman–Crippen LogP) is 5.72. The number of hydrogen-bond acceptors (Lipinski definition) is 5. The van der Waals surface area contributed by atoms with Gasteiger partial charge < -0.3 is 14.6 Å². The molecule has 0 bridgehead atoms. The summed E-state index contributed by atoms with van der Waals surface area (Å²) in [4.78, 5) is 11.6. The fraction of sp³-hybridized carbons (Fsp3) is 0.0690. The van der Waals surface area contributed by atoms with Crippen molar-refractivity contribution in [3.63, 3.8) is 0 Å². The molecule has 0 aliphatic heterocycles. The Labute approximate surface area is 212 Å². The largest absolute Gasteiger partial charge is 0.481 e. The first-order valence-electron chi connectivity index (χ1n) is 11.5. The lowest BCUT2D eigenvalue weighted by Crippen LogP contribution is -1.98. The zero-order valence-electron chi connectivity index (χ0n) is 20.3. The number of aromatic carboxylic acids is 1. The Bertz CT molecular complexity index is 1670. The van der Waals surface area contributed by atoms with E-state index in [1.807, 2.05) is 83.4 Å². The minimum Gasteiger partial charge on any atom is -0.481 e. The molecule has 0 saturated carbocycles. The van der Waals surface area contributed by atoms with Crippen molar-refractivity contribution < 1.29 is 19.4 Å². The Kier molecular flexibility index (Phi) is 6.54. The Balaban J connectivity index is 0.000000153. The molecule has 1 N–H and O–H groups in total. The number of carbonyl (C=O) groups is 1. The third-order valence-corrected chi connectivity index (χ3v) is 5.82. The molecule has 0 aliphatic carbocycles. The molecule has 0 atom stereocenters. The van der Waals surface area contributed by atoms with Crippen LogP contribution in [0.2, 0.25) is 0 Å². The normalized spacial score (nSPS) is 10.6. The van der Waals surface area contributed by atoms with Crippen LogP contribution in [0.15, 0.2) is 103 Å². The van der Waals surface area contributed by atoms with E-state index in [0.29, 0.717) is 17.1 Å². The van der Waals surface area contributed by atoms with E-state index in [-0.39, 0.29) is 5.56 Å². The maximum atomic E-state index is 11.6. The second kappa shape index (κ2) is 10.2. The number of fused-ring (bicyclic) bond motifs is 2. The van der Waals surface area contributed by atoms with Crippen molar-refractivity contribution in [1.29, 1.82) is 0 Å². The van der Waals surface area contributed by atoms with Gasteiger partial charge in [0.25, 0.3) is 0 Å². The molecule has 6 rings (SSSR count). The van der Waals surface area contributed by atoms with Gasteiger partial charge in [0.05, 0.1) is 30.9 Å². The highest BCUT2D eigenvalue weighted by atomic mass is 16.5. The summed E-state index contributed by atoms with van der Waals surface area (Å²) in [6, 6.07) is 32.5. The first-order valence-corrected chi connectivity index (χ1v) is 11.5. The Morgan fingerprint density at radius 3 is 1.92 bits per heavy atom. The van der Waals surface area contributed by atoms with Gasteiger partial charge in [-0.05, 0) is 18.2 Å². The van der Waals surface area contributed by atoms with Gasteiger partial charge in [0, 0.05) is 23.3 Å². The number of rotatable bonds is 5. The van der Waals surface area contributed by atoms with Crippen molar-refractivity contribution in [3.05, 3.63) is 109 Å². The molecule has 0 radical (unpaired) electrons. The molecule has 0 saturated heterocycles.